The van der Waals surface area contributed by atoms with E-state index >= 15 is 0 Å². The lowest BCUT2D eigenvalue weighted by Crippen LogP contribution is -2.24. The van der Waals surface area contributed by atoms with E-state index in [1.807, 2.05) is 6.07 Å². The SMILES string of the molecule is COC(=O)Cn1c(=NC(=O)CS(=O)(=O)c2ccc(OC)cc2)sc2cc(Br)ccc21. The van der Waals surface area contributed by atoms with Crippen LogP contribution in [0, 0.1) is 0 Å². The number of fused-ring (bicyclic) bond motifs is 1. The molecule has 0 fully saturated rings. The summed E-state index contributed by atoms with van der Waals surface area (Å²) in [4.78, 5) is 28.5. The summed E-state index contributed by atoms with van der Waals surface area (Å²) in [6.45, 7) is -0.157. The number of nitrogens with zero attached hydrogens (tertiary/aromatic N) is 2. The highest BCUT2D eigenvalue weighted by atomic mass is 79.9. The summed E-state index contributed by atoms with van der Waals surface area (Å²) in [5.74, 6) is -1.65. The zero-order valence-electron chi connectivity index (χ0n) is 16.0. The van der Waals surface area contributed by atoms with Crippen LogP contribution in [-0.2, 0) is 30.7 Å². The van der Waals surface area contributed by atoms with Crippen LogP contribution in [0.1, 0.15) is 0 Å². The molecule has 0 radical (unpaired) electrons. The van der Waals surface area contributed by atoms with Gasteiger partial charge < -0.3 is 14.0 Å². The number of carbonyl (C=O) groups is 2. The molecule has 11 heteroatoms. The fraction of sp³-hybridized carbons (Fsp3) is 0.211. The molecule has 0 aliphatic heterocycles. The maximum Gasteiger partial charge on any atom is 0.325 e. The number of hydrogen-bond donors (Lipinski definition) is 0. The lowest BCUT2D eigenvalue weighted by molar-refractivity contribution is -0.141. The van der Waals surface area contributed by atoms with Gasteiger partial charge in [0.05, 0.1) is 29.3 Å². The van der Waals surface area contributed by atoms with Gasteiger partial charge in [0.1, 0.15) is 18.0 Å². The quantitative estimate of drug-likeness (QED) is 0.470. The van der Waals surface area contributed by atoms with Crippen LogP contribution in [0.15, 0.2) is 56.8 Å². The summed E-state index contributed by atoms with van der Waals surface area (Å²) in [7, 11) is -1.15. The molecule has 0 unspecified atom stereocenters. The smallest absolute Gasteiger partial charge is 0.325 e. The lowest BCUT2D eigenvalue weighted by Gasteiger charge is -2.05. The minimum absolute atomic E-state index is 0.00504. The van der Waals surface area contributed by atoms with Crippen molar-refractivity contribution in [2.75, 3.05) is 20.0 Å². The van der Waals surface area contributed by atoms with E-state index in [0.29, 0.717) is 11.3 Å². The largest absolute Gasteiger partial charge is 0.497 e. The second-order valence-corrected chi connectivity index (χ2v) is 10.0. The van der Waals surface area contributed by atoms with Gasteiger partial charge in [0.25, 0.3) is 5.91 Å². The Hall–Kier alpha value is -2.50. The van der Waals surface area contributed by atoms with Crippen LogP contribution in [-0.4, -0.2) is 44.8 Å². The zero-order chi connectivity index (χ0) is 21.9. The van der Waals surface area contributed by atoms with Crippen LogP contribution in [0.25, 0.3) is 10.2 Å². The van der Waals surface area contributed by atoms with Crippen molar-refractivity contribution in [2.45, 2.75) is 11.4 Å². The lowest BCUT2D eigenvalue weighted by atomic mass is 10.3. The third-order valence-electron chi connectivity index (χ3n) is 4.11. The van der Waals surface area contributed by atoms with Crippen LogP contribution in [0.3, 0.4) is 0 Å². The van der Waals surface area contributed by atoms with Crippen LogP contribution in [0.5, 0.6) is 5.75 Å². The first kappa shape index (κ1) is 22.2. The third-order valence-corrected chi connectivity index (χ3v) is 7.26. The van der Waals surface area contributed by atoms with Crippen molar-refractivity contribution in [3.63, 3.8) is 0 Å². The first-order chi connectivity index (χ1) is 14.2. The maximum absolute atomic E-state index is 12.6. The van der Waals surface area contributed by atoms with Gasteiger partial charge in [-0.3, -0.25) is 9.59 Å². The molecule has 3 rings (SSSR count). The molecule has 1 aromatic heterocycles. The molecule has 30 heavy (non-hydrogen) atoms. The van der Waals surface area contributed by atoms with Crippen molar-refractivity contribution in [3.8, 4) is 5.75 Å². The highest BCUT2D eigenvalue weighted by molar-refractivity contribution is 9.10. The Labute approximate surface area is 184 Å². The van der Waals surface area contributed by atoms with Crippen molar-refractivity contribution in [1.82, 2.24) is 4.57 Å². The summed E-state index contributed by atoms with van der Waals surface area (Å²) >= 11 is 4.55. The minimum atomic E-state index is -3.88. The first-order valence-corrected chi connectivity index (χ1v) is 11.8. The molecule has 158 valence electrons. The fourth-order valence-corrected chi connectivity index (χ4v) is 5.35. The van der Waals surface area contributed by atoms with E-state index in [1.54, 1.807) is 12.1 Å². The number of halogens is 1. The number of thiazole rings is 1. The van der Waals surface area contributed by atoms with Crippen molar-refractivity contribution in [1.29, 1.82) is 0 Å². The van der Waals surface area contributed by atoms with E-state index in [9.17, 15) is 18.0 Å². The molecule has 0 bridgehead atoms. The zero-order valence-corrected chi connectivity index (χ0v) is 19.2. The number of ether oxygens (including phenoxy) is 2. The third kappa shape index (κ3) is 4.97. The van der Waals surface area contributed by atoms with E-state index in [0.717, 1.165) is 9.17 Å². The van der Waals surface area contributed by atoms with E-state index in [2.05, 4.69) is 20.9 Å². The highest BCUT2D eigenvalue weighted by Gasteiger charge is 2.20. The molecule has 3 aromatic rings. The summed E-state index contributed by atoms with van der Waals surface area (Å²) in [6, 6.07) is 11.1. The average molecular weight is 513 g/mol. The molecule has 0 spiro atoms. The summed E-state index contributed by atoms with van der Waals surface area (Å²) in [5, 5.41) is 0. The first-order valence-electron chi connectivity index (χ1n) is 8.53. The Bertz CT molecular complexity index is 1280. The van der Waals surface area contributed by atoms with Gasteiger partial charge in [-0.05, 0) is 42.5 Å². The van der Waals surface area contributed by atoms with Crippen molar-refractivity contribution < 1.29 is 27.5 Å². The second-order valence-electron chi connectivity index (χ2n) is 6.10. The van der Waals surface area contributed by atoms with Crippen LogP contribution in [0.4, 0.5) is 0 Å². The molecule has 0 saturated heterocycles. The Morgan fingerprint density at radius 1 is 1.13 bits per heavy atom. The second kappa shape index (κ2) is 9.11. The van der Waals surface area contributed by atoms with Gasteiger partial charge >= 0.3 is 5.97 Å². The van der Waals surface area contributed by atoms with Gasteiger partial charge in [-0.25, -0.2) is 8.42 Å². The average Bonchev–Trinajstić information content (AvgIpc) is 3.03. The number of rotatable bonds is 6. The Morgan fingerprint density at radius 2 is 1.83 bits per heavy atom. The van der Waals surface area contributed by atoms with Gasteiger partial charge in [-0.15, -0.1) is 0 Å². The number of carbonyl (C=O) groups excluding carboxylic acids is 2. The molecule has 2 aromatic carbocycles. The predicted molar refractivity (Wildman–Crippen MR) is 115 cm³/mol. The van der Waals surface area contributed by atoms with Crippen LogP contribution < -0.4 is 9.54 Å². The number of aromatic nitrogens is 1. The molecule has 0 aliphatic carbocycles. The molecule has 1 heterocycles. The summed E-state index contributed by atoms with van der Waals surface area (Å²) in [6.07, 6.45) is 0. The number of hydrogen-bond acceptors (Lipinski definition) is 7. The molecule has 8 nitrogen and oxygen atoms in total. The number of esters is 1. The monoisotopic (exact) mass is 512 g/mol. The van der Waals surface area contributed by atoms with Crippen molar-refractivity contribution in [2.24, 2.45) is 4.99 Å². The van der Waals surface area contributed by atoms with Gasteiger partial charge in [0.15, 0.2) is 14.6 Å². The van der Waals surface area contributed by atoms with E-state index in [-0.39, 0.29) is 16.2 Å². The molecule has 0 aliphatic rings. The molecule has 0 atom stereocenters. The fourth-order valence-electron chi connectivity index (χ4n) is 2.65. The van der Waals surface area contributed by atoms with E-state index in [4.69, 9.17) is 9.47 Å². The van der Waals surface area contributed by atoms with Gasteiger partial charge in [-0.1, -0.05) is 27.3 Å². The maximum atomic E-state index is 12.6. The van der Waals surface area contributed by atoms with Gasteiger partial charge in [0, 0.05) is 4.47 Å². The van der Waals surface area contributed by atoms with Gasteiger partial charge in [-0.2, -0.15) is 4.99 Å². The highest BCUT2D eigenvalue weighted by Crippen LogP contribution is 2.22. The normalized spacial score (nSPS) is 12.2. The van der Waals surface area contributed by atoms with E-state index < -0.39 is 27.5 Å². The summed E-state index contributed by atoms with van der Waals surface area (Å²) < 4.78 is 38.0. The predicted octanol–water partition coefficient (Wildman–Crippen LogP) is 2.55. The number of benzene rings is 2. The van der Waals surface area contributed by atoms with Gasteiger partial charge in [0.2, 0.25) is 0 Å². The topological polar surface area (TPSA) is 104 Å². The molecule has 0 saturated carbocycles. The van der Waals surface area contributed by atoms with E-state index in [1.165, 1.54) is 54.4 Å². The standard InChI is InChI=1S/C19H17BrN2O6S2/c1-27-13-4-6-14(7-5-13)30(25,26)11-17(23)21-19-22(10-18(24)28-2)15-8-3-12(20)9-16(15)29-19/h3-9H,10-11H2,1-2H3. The Morgan fingerprint density at radius 3 is 2.47 bits per heavy atom. The van der Waals surface area contributed by atoms with Crippen molar-refractivity contribution in [3.05, 3.63) is 51.7 Å². The number of amides is 1. The minimum Gasteiger partial charge on any atom is -0.497 e. The molecular weight excluding hydrogens is 496 g/mol. The number of sulfone groups is 1. The molecular formula is C19H17BrN2O6S2. The molecule has 1 amide bonds. The van der Waals surface area contributed by atoms with Crippen molar-refractivity contribution >= 4 is 59.2 Å². The van der Waals surface area contributed by atoms with Crippen LogP contribution >= 0.6 is 27.3 Å². The van der Waals surface area contributed by atoms with Crippen LogP contribution in [0.2, 0.25) is 0 Å². The summed E-state index contributed by atoms with van der Waals surface area (Å²) in [5.41, 5.74) is 0.679. The Balaban J connectivity index is 1.97. The Kier molecular flexibility index (Phi) is 6.74. The molecule has 0 N–H and O–H groups in total. The number of methoxy groups -OCH3 is 2.